The minimum absolute atomic E-state index is 0.0124. The molecule has 0 atom stereocenters. The number of hydrogen-bond acceptors (Lipinski definition) is 6. The van der Waals surface area contributed by atoms with Gasteiger partial charge >= 0.3 is 0 Å². The summed E-state index contributed by atoms with van der Waals surface area (Å²) in [6, 6.07) is 18.5. The number of nitrogens with one attached hydrogen (secondary N) is 1. The van der Waals surface area contributed by atoms with Gasteiger partial charge in [0.05, 0.1) is 40.1 Å². The molecule has 0 aliphatic heterocycles. The monoisotopic (exact) mass is 512 g/mol. The summed E-state index contributed by atoms with van der Waals surface area (Å²) in [4.78, 5) is 32.6. The zero-order chi connectivity index (χ0) is 26.1. The summed E-state index contributed by atoms with van der Waals surface area (Å²) in [6.07, 6.45) is 3.29. The van der Waals surface area contributed by atoms with Crippen LogP contribution in [0.1, 0.15) is 11.1 Å². The molecule has 2 aromatic heterocycles. The Hall–Kier alpha value is -4.27. The molecule has 0 aliphatic carbocycles. The molecule has 2 N–H and O–H groups in total. The molecule has 3 aromatic carbocycles. The SMILES string of the molecule is CN(C)CC(=O)N(C)c1ccc(N=C(c2ccc3nccnc3c2)c2c(O)[nH]c3cc(Cl)ccc23)cc1. The largest absolute Gasteiger partial charge is 0.494 e. The van der Waals surface area contributed by atoms with Crippen molar-refractivity contribution in [3.8, 4) is 5.88 Å². The van der Waals surface area contributed by atoms with Crippen LogP contribution in [-0.4, -0.2) is 64.3 Å². The van der Waals surface area contributed by atoms with Crippen LogP contribution >= 0.6 is 11.6 Å². The van der Waals surface area contributed by atoms with Gasteiger partial charge in [0.2, 0.25) is 5.91 Å². The fraction of sp³-hybridized carbons (Fsp3) is 0.143. The highest BCUT2D eigenvalue weighted by Gasteiger charge is 2.20. The normalized spacial score (nSPS) is 12.0. The summed E-state index contributed by atoms with van der Waals surface area (Å²) in [6.45, 7) is 0.315. The molecular weight excluding hydrogens is 488 g/mol. The lowest BCUT2D eigenvalue weighted by molar-refractivity contribution is -0.118. The summed E-state index contributed by atoms with van der Waals surface area (Å²) in [7, 11) is 5.47. The number of likely N-dealkylation sites (N-methyl/N-ethyl adjacent to an activating group) is 2. The molecule has 0 saturated heterocycles. The molecule has 0 aliphatic rings. The lowest BCUT2D eigenvalue weighted by atomic mass is 10.00. The van der Waals surface area contributed by atoms with E-state index in [0.29, 0.717) is 39.6 Å². The number of hydrogen-bond donors (Lipinski definition) is 2. The van der Waals surface area contributed by atoms with Crippen molar-refractivity contribution < 1.29 is 9.90 Å². The number of aromatic amines is 1. The molecule has 5 aromatic rings. The van der Waals surface area contributed by atoms with E-state index >= 15 is 0 Å². The van der Waals surface area contributed by atoms with Crippen LogP contribution in [-0.2, 0) is 4.79 Å². The molecular formula is C28H25ClN6O2. The lowest BCUT2D eigenvalue weighted by Gasteiger charge is -2.19. The number of aromatic hydroxyl groups is 1. The fourth-order valence-corrected chi connectivity index (χ4v) is 4.34. The maximum atomic E-state index is 12.5. The van der Waals surface area contributed by atoms with Crippen LogP contribution < -0.4 is 4.90 Å². The summed E-state index contributed by atoms with van der Waals surface area (Å²) >= 11 is 6.18. The summed E-state index contributed by atoms with van der Waals surface area (Å²) in [5, 5.41) is 12.3. The highest BCUT2D eigenvalue weighted by molar-refractivity contribution is 6.31. The van der Waals surface area contributed by atoms with E-state index in [1.807, 2.05) is 67.5 Å². The molecule has 8 nitrogen and oxygen atoms in total. The third-order valence-corrected chi connectivity index (χ3v) is 6.26. The minimum atomic E-state index is -0.0131. The second kappa shape index (κ2) is 10.0. The van der Waals surface area contributed by atoms with Gasteiger partial charge in [-0.05, 0) is 62.6 Å². The molecule has 5 rings (SSSR count). The summed E-state index contributed by atoms with van der Waals surface area (Å²) < 4.78 is 0. The Morgan fingerprint density at radius 3 is 2.43 bits per heavy atom. The number of rotatable bonds is 6. The van der Waals surface area contributed by atoms with Gasteiger partial charge in [0, 0.05) is 41.1 Å². The molecule has 2 heterocycles. The second-order valence-electron chi connectivity index (χ2n) is 8.97. The van der Waals surface area contributed by atoms with Crippen molar-refractivity contribution in [1.82, 2.24) is 19.9 Å². The molecule has 0 bridgehead atoms. The van der Waals surface area contributed by atoms with Crippen LogP contribution in [0.5, 0.6) is 5.88 Å². The number of benzene rings is 3. The Labute approximate surface area is 218 Å². The smallest absolute Gasteiger partial charge is 0.240 e. The number of H-pyrrole nitrogens is 1. The average molecular weight is 513 g/mol. The van der Waals surface area contributed by atoms with E-state index in [1.54, 1.807) is 36.5 Å². The Morgan fingerprint density at radius 2 is 1.70 bits per heavy atom. The number of carbonyl (C=O) groups is 1. The number of carbonyl (C=O) groups excluding carboxylic acids is 1. The van der Waals surface area contributed by atoms with Crippen LogP contribution in [0.15, 0.2) is 78.0 Å². The molecule has 186 valence electrons. The number of aromatic nitrogens is 3. The average Bonchev–Trinajstić information content (AvgIpc) is 3.21. The molecule has 9 heteroatoms. The number of amides is 1. The van der Waals surface area contributed by atoms with Crippen molar-refractivity contribution in [2.75, 3.05) is 32.6 Å². The standard InChI is InChI=1S/C28H25ClN6O2/c1-34(2)16-25(36)35(3)20-8-6-19(7-9-20)32-27(17-4-11-22-24(14-17)31-13-12-30-22)26-21-10-5-18(29)15-23(21)33-28(26)37/h4-15,33,37H,16H2,1-3H3. The number of fused-ring (bicyclic) bond motifs is 2. The highest BCUT2D eigenvalue weighted by atomic mass is 35.5. The van der Waals surface area contributed by atoms with E-state index in [4.69, 9.17) is 16.6 Å². The summed E-state index contributed by atoms with van der Waals surface area (Å²) in [5.41, 5.74) is 5.47. The van der Waals surface area contributed by atoms with Crippen molar-refractivity contribution in [3.63, 3.8) is 0 Å². The molecule has 37 heavy (non-hydrogen) atoms. The Morgan fingerprint density at radius 1 is 0.973 bits per heavy atom. The molecule has 0 fully saturated rings. The Bertz CT molecular complexity index is 1640. The van der Waals surface area contributed by atoms with Crippen molar-refractivity contribution in [2.45, 2.75) is 0 Å². The first-order valence-electron chi connectivity index (χ1n) is 11.6. The van der Waals surface area contributed by atoms with Crippen molar-refractivity contribution in [1.29, 1.82) is 0 Å². The predicted octanol–water partition coefficient (Wildman–Crippen LogP) is 5.16. The number of anilines is 1. The van der Waals surface area contributed by atoms with E-state index < -0.39 is 0 Å². The first-order chi connectivity index (χ1) is 17.8. The van der Waals surface area contributed by atoms with E-state index in [-0.39, 0.29) is 11.8 Å². The highest BCUT2D eigenvalue weighted by Crippen LogP contribution is 2.33. The van der Waals surface area contributed by atoms with E-state index in [1.165, 1.54) is 0 Å². The van der Waals surface area contributed by atoms with Gasteiger partial charge < -0.3 is 19.9 Å². The van der Waals surface area contributed by atoms with Crippen molar-refractivity contribution in [3.05, 3.63) is 89.2 Å². The molecule has 0 radical (unpaired) electrons. The van der Waals surface area contributed by atoms with Crippen LogP contribution in [0.2, 0.25) is 5.02 Å². The summed E-state index contributed by atoms with van der Waals surface area (Å²) in [5.74, 6) is -0.0255. The van der Waals surface area contributed by atoms with E-state index in [2.05, 4.69) is 15.0 Å². The topological polar surface area (TPSA) is 97.7 Å². The number of nitrogens with zero attached hydrogens (tertiary/aromatic N) is 5. The minimum Gasteiger partial charge on any atom is -0.494 e. The van der Waals surface area contributed by atoms with Gasteiger partial charge in [0.15, 0.2) is 5.88 Å². The fourth-order valence-electron chi connectivity index (χ4n) is 4.17. The van der Waals surface area contributed by atoms with E-state index in [0.717, 1.165) is 22.2 Å². The van der Waals surface area contributed by atoms with Crippen LogP contribution in [0.25, 0.3) is 21.9 Å². The lowest BCUT2D eigenvalue weighted by Crippen LogP contribution is -2.34. The quantitative estimate of drug-likeness (QED) is 0.306. The van der Waals surface area contributed by atoms with Crippen LogP contribution in [0, 0.1) is 0 Å². The Kier molecular flexibility index (Phi) is 6.60. The molecule has 0 spiro atoms. The van der Waals surface area contributed by atoms with Gasteiger partial charge in [-0.3, -0.25) is 14.8 Å². The Balaban J connectivity index is 1.62. The van der Waals surface area contributed by atoms with Crippen LogP contribution in [0.3, 0.4) is 0 Å². The third kappa shape index (κ3) is 5.02. The molecule has 0 unspecified atom stereocenters. The van der Waals surface area contributed by atoms with E-state index in [9.17, 15) is 9.90 Å². The van der Waals surface area contributed by atoms with Gasteiger partial charge in [0.25, 0.3) is 0 Å². The predicted molar refractivity (Wildman–Crippen MR) is 148 cm³/mol. The van der Waals surface area contributed by atoms with Gasteiger partial charge in [-0.25, -0.2) is 4.99 Å². The number of aliphatic imine (C=N–C) groups is 1. The number of halogens is 1. The second-order valence-corrected chi connectivity index (χ2v) is 9.40. The zero-order valence-corrected chi connectivity index (χ0v) is 21.4. The van der Waals surface area contributed by atoms with Gasteiger partial charge in [-0.2, -0.15) is 0 Å². The van der Waals surface area contributed by atoms with Gasteiger partial charge in [0.1, 0.15) is 0 Å². The zero-order valence-electron chi connectivity index (χ0n) is 20.6. The third-order valence-electron chi connectivity index (χ3n) is 6.02. The molecule has 0 saturated carbocycles. The van der Waals surface area contributed by atoms with Crippen molar-refractivity contribution in [2.24, 2.45) is 4.99 Å². The van der Waals surface area contributed by atoms with Gasteiger partial charge in [-0.1, -0.05) is 23.7 Å². The molecule has 1 amide bonds. The van der Waals surface area contributed by atoms with Gasteiger partial charge in [-0.15, -0.1) is 0 Å². The van der Waals surface area contributed by atoms with Crippen LogP contribution in [0.4, 0.5) is 11.4 Å². The first kappa shape index (κ1) is 24.4. The first-order valence-corrected chi connectivity index (χ1v) is 12.0. The van der Waals surface area contributed by atoms with Crippen molar-refractivity contribution >= 4 is 56.5 Å². The maximum absolute atomic E-state index is 12.5. The maximum Gasteiger partial charge on any atom is 0.240 e.